The van der Waals surface area contributed by atoms with Crippen LogP contribution in [0.4, 0.5) is 10.5 Å². The number of nitrogens with one attached hydrogen (secondary N) is 3. The Morgan fingerprint density at radius 2 is 1.62 bits per heavy atom. The molecular formula is C16H17N3O2. The molecule has 2 rings (SSSR count). The van der Waals surface area contributed by atoms with Crippen molar-refractivity contribution in [3.05, 3.63) is 65.7 Å². The third-order valence-electron chi connectivity index (χ3n) is 2.95. The Kier molecular flexibility index (Phi) is 4.93. The van der Waals surface area contributed by atoms with Crippen molar-refractivity contribution in [3.8, 4) is 0 Å². The van der Waals surface area contributed by atoms with E-state index in [4.69, 9.17) is 0 Å². The van der Waals surface area contributed by atoms with Crippen molar-refractivity contribution in [1.82, 2.24) is 10.6 Å². The summed E-state index contributed by atoms with van der Waals surface area (Å²) >= 11 is 0. The molecule has 0 bridgehead atoms. The van der Waals surface area contributed by atoms with E-state index in [-0.39, 0.29) is 0 Å². The minimum atomic E-state index is -0.530. The van der Waals surface area contributed by atoms with Crippen molar-refractivity contribution in [3.63, 3.8) is 0 Å². The second kappa shape index (κ2) is 7.09. The number of carbonyl (C=O) groups excluding carboxylic acids is 2. The minimum Gasteiger partial charge on any atom is -0.380 e. The van der Waals surface area contributed by atoms with Crippen molar-refractivity contribution >= 4 is 17.6 Å². The van der Waals surface area contributed by atoms with Gasteiger partial charge in [0.2, 0.25) is 0 Å². The van der Waals surface area contributed by atoms with Crippen LogP contribution in [0, 0.1) is 0 Å². The lowest BCUT2D eigenvalue weighted by atomic mass is 10.1. The molecular weight excluding hydrogens is 266 g/mol. The van der Waals surface area contributed by atoms with Crippen LogP contribution in [0.5, 0.6) is 0 Å². The molecule has 5 heteroatoms. The average molecular weight is 283 g/mol. The van der Waals surface area contributed by atoms with Gasteiger partial charge in [-0.25, -0.2) is 4.79 Å². The highest BCUT2D eigenvalue weighted by Crippen LogP contribution is 2.16. The lowest BCUT2D eigenvalue weighted by molar-refractivity contribution is 0.0965. The zero-order chi connectivity index (χ0) is 15.1. The molecule has 0 aromatic heterocycles. The van der Waals surface area contributed by atoms with Crippen LogP contribution in [-0.2, 0) is 6.54 Å². The summed E-state index contributed by atoms with van der Waals surface area (Å²) in [5.41, 5.74) is 2.22. The lowest BCUT2D eigenvalue weighted by Gasteiger charge is -2.11. The van der Waals surface area contributed by atoms with Gasteiger partial charge < -0.3 is 10.6 Å². The molecule has 108 valence electrons. The summed E-state index contributed by atoms with van der Waals surface area (Å²) in [5.74, 6) is -0.439. The van der Waals surface area contributed by atoms with Crippen LogP contribution in [0.3, 0.4) is 0 Å². The van der Waals surface area contributed by atoms with Crippen LogP contribution in [0.25, 0.3) is 0 Å². The van der Waals surface area contributed by atoms with Gasteiger partial charge in [-0.05, 0) is 17.7 Å². The number of para-hydroxylation sites is 1. The van der Waals surface area contributed by atoms with Crippen LogP contribution in [0.2, 0.25) is 0 Å². The number of imide groups is 1. The van der Waals surface area contributed by atoms with E-state index < -0.39 is 11.9 Å². The number of urea groups is 1. The van der Waals surface area contributed by atoms with Crippen molar-refractivity contribution in [2.45, 2.75) is 6.54 Å². The molecule has 0 aliphatic heterocycles. The summed E-state index contributed by atoms with van der Waals surface area (Å²) in [6.45, 7) is 0.602. The van der Waals surface area contributed by atoms with Gasteiger partial charge in [0.05, 0.1) is 5.56 Å². The van der Waals surface area contributed by atoms with E-state index in [1.54, 1.807) is 12.1 Å². The Hall–Kier alpha value is -2.82. The van der Waals surface area contributed by atoms with Crippen LogP contribution in [0.1, 0.15) is 15.9 Å². The summed E-state index contributed by atoms with van der Waals surface area (Å²) in [6.07, 6.45) is 0. The second-order valence-electron chi connectivity index (χ2n) is 4.42. The first-order valence-corrected chi connectivity index (χ1v) is 6.60. The molecule has 0 spiro atoms. The van der Waals surface area contributed by atoms with E-state index in [0.29, 0.717) is 17.8 Å². The first-order valence-electron chi connectivity index (χ1n) is 6.60. The smallest absolute Gasteiger partial charge is 0.321 e. The van der Waals surface area contributed by atoms with Gasteiger partial charge in [-0.3, -0.25) is 10.1 Å². The Morgan fingerprint density at radius 3 is 2.33 bits per heavy atom. The summed E-state index contributed by atoms with van der Waals surface area (Å²) < 4.78 is 0. The SMILES string of the molecule is CNC(=O)NC(=O)c1ccccc1NCc1ccccc1. The van der Waals surface area contributed by atoms with Gasteiger partial charge in [-0.15, -0.1) is 0 Å². The number of amides is 3. The number of carbonyl (C=O) groups is 2. The Balaban J connectivity index is 2.09. The molecule has 0 aliphatic rings. The normalized spacial score (nSPS) is 9.76. The molecule has 21 heavy (non-hydrogen) atoms. The van der Waals surface area contributed by atoms with Crippen LogP contribution >= 0.6 is 0 Å². The Morgan fingerprint density at radius 1 is 0.952 bits per heavy atom. The molecule has 0 saturated heterocycles. The maximum atomic E-state index is 12.0. The van der Waals surface area contributed by atoms with Crippen molar-refractivity contribution in [2.75, 3.05) is 12.4 Å². The van der Waals surface area contributed by atoms with Gasteiger partial charge in [0, 0.05) is 19.3 Å². The van der Waals surface area contributed by atoms with Crippen molar-refractivity contribution in [2.24, 2.45) is 0 Å². The molecule has 0 fully saturated rings. The van der Waals surface area contributed by atoms with E-state index in [1.165, 1.54) is 7.05 Å². The molecule has 5 nitrogen and oxygen atoms in total. The van der Waals surface area contributed by atoms with E-state index >= 15 is 0 Å². The Bertz CT molecular complexity index is 626. The fourth-order valence-corrected chi connectivity index (χ4v) is 1.86. The molecule has 3 amide bonds. The summed E-state index contributed by atoms with van der Waals surface area (Å²) in [7, 11) is 1.46. The van der Waals surface area contributed by atoms with E-state index in [1.807, 2.05) is 42.5 Å². The van der Waals surface area contributed by atoms with Crippen molar-refractivity contribution < 1.29 is 9.59 Å². The minimum absolute atomic E-state index is 0.428. The molecule has 0 saturated carbocycles. The number of rotatable bonds is 4. The van der Waals surface area contributed by atoms with E-state index in [0.717, 1.165) is 5.56 Å². The van der Waals surface area contributed by atoms with Gasteiger partial charge in [0.15, 0.2) is 0 Å². The summed E-state index contributed by atoms with van der Waals surface area (Å²) in [6, 6.07) is 16.4. The molecule has 0 heterocycles. The van der Waals surface area contributed by atoms with Gasteiger partial charge in [-0.1, -0.05) is 42.5 Å². The van der Waals surface area contributed by atoms with Crippen LogP contribution < -0.4 is 16.0 Å². The summed E-state index contributed by atoms with van der Waals surface area (Å²) in [5, 5.41) is 7.82. The highest BCUT2D eigenvalue weighted by Gasteiger charge is 2.12. The Labute approximate surface area is 123 Å². The number of hydrogen-bond donors (Lipinski definition) is 3. The predicted molar refractivity (Wildman–Crippen MR) is 82.1 cm³/mol. The first kappa shape index (κ1) is 14.6. The summed E-state index contributed by atoms with van der Waals surface area (Å²) in [4.78, 5) is 23.3. The standard InChI is InChI=1S/C16H17N3O2/c1-17-16(21)19-15(20)13-9-5-6-10-14(13)18-11-12-7-3-2-4-8-12/h2-10,18H,11H2,1H3,(H2,17,19,20,21). The number of benzene rings is 2. The predicted octanol–water partition coefficient (Wildman–Crippen LogP) is 2.37. The lowest BCUT2D eigenvalue weighted by Crippen LogP contribution is -2.37. The topological polar surface area (TPSA) is 70.2 Å². The average Bonchev–Trinajstić information content (AvgIpc) is 2.54. The molecule has 0 radical (unpaired) electrons. The molecule has 2 aromatic rings. The highest BCUT2D eigenvalue weighted by atomic mass is 16.2. The fourth-order valence-electron chi connectivity index (χ4n) is 1.86. The molecule has 0 atom stereocenters. The van der Waals surface area contributed by atoms with Crippen LogP contribution in [-0.4, -0.2) is 19.0 Å². The molecule has 3 N–H and O–H groups in total. The van der Waals surface area contributed by atoms with Gasteiger partial charge in [0.1, 0.15) is 0 Å². The first-order chi connectivity index (χ1) is 10.2. The third-order valence-corrected chi connectivity index (χ3v) is 2.95. The van der Waals surface area contributed by atoms with Gasteiger partial charge in [-0.2, -0.15) is 0 Å². The second-order valence-corrected chi connectivity index (χ2v) is 4.42. The van der Waals surface area contributed by atoms with Crippen LogP contribution in [0.15, 0.2) is 54.6 Å². The highest BCUT2D eigenvalue weighted by molar-refractivity contribution is 6.07. The number of hydrogen-bond acceptors (Lipinski definition) is 3. The van der Waals surface area contributed by atoms with E-state index in [9.17, 15) is 9.59 Å². The molecule has 0 unspecified atom stereocenters. The largest absolute Gasteiger partial charge is 0.380 e. The zero-order valence-electron chi connectivity index (χ0n) is 11.7. The maximum absolute atomic E-state index is 12.0. The van der Waals surface area contributed by atoms with Gasteiger partial charge >= 0.3 is 6.03 Å². The van der Waals surface area contributed by atoms with Crippen molar-refractivity contribution in [1.29, 1.82) is 0 Å². The third kappa shape index (κ3) is 4.07. The van der Waals surface area contributed by atoms with Gasteiger partial charge in [0.25, 0.3) is 5.91 Å². The molecule has 0 aliphatic carbocycles. The zero-order valence-corrected chi connectivity index (χ0v) is 11.7. The quantitative estimate of drug-likeness (QED) is 0.806. The molecule has 2 aromatic carbocycles. The number of anilines is 1. The fraction of sp³-hybridized carbons (Fsp3) is 0.125. The van der Waals surface area contributed by atoms with E-state index in [2.05, 4.69) is 16.0 Å². The maximum Gasteiger partial charge on any atom is 0.321 e. The monoisotopic (exact) mass is 283 g/mol.